The summed E-state index contributed by atoms with van der Waals surface area (Å²) in [4.78, 5) is 0. The lowest BCUT2D eigenvalue weighted by Crippen LogP contribution is -2.44. The van der Waals surface area contributed by atoms with Gasteiger partial charge in [-0.2, -0.15) is 0 Å². The molecule has 15 rings (SSSR count). The zero-order valence-corrected chi connectivity index (χ0v) is 65.9. The summed E-state index contributed by atoms with van der Waals surface area (Å²) in [5.74, 6) is 0. The van der Waals surface area contributed by atoms with Gasteiger partial charge >= 0.3 is 0 Å². The van der Waals surface area contributed by atoms with Gasteiger partial charge in [0.05, 0.1) is 0 Å². The van der Waals surface area contributed by atoms with Crippen molar-refractivity contribution in [3.05, 3.63) is 291 Å². The summed E-state index contributed by atoms with van der Waals surface area (Å²) < 4.78 is 0. The summed E-state index contributed by atoms with van der Waals surface area (Å²) in [6, 6.07) is 56.1. The van der Waals surface area contributed by atoms with Crippen molar-refractivity contribution in [1.82, 2.24) is 0 Å². The van der Waals surface area contributed by atoms with Gasteiger partial charge < -0.3 is 0 Å². The van der Waals surface area contributed by atoms with E-state index in [9.17, 15) is 0 Å². The Morgan fingerprint density at radius 2 is 0.475 bits per heavy atom. The second kappa shape index (κ2) is 26.2. The lowest BCUT2D eigenvalue weighted by Gasteiger charge is -2.49. The minimum Gasteiger partial charge on any atom is -0.0619 e. The fraction of sp³-hybridized carbons (Fsp3) is 0.333. The molecule has 0 radical (unpaired) electrons. The first kappa shape index (κ1) is 71.7. The molecule has 0 aromatic heterocycles. The summed E-state index contributed by atoms with van der Waals surface area (Å²) >= 11 is 0. The number of benzene rings is 13. The third-order valence-electron chi connectivity index (χ3n) is 26.7. The van der Waals surface area contributed by atoms with Gasteiger partial charge in [0.2, 0.25) is 0 Å². The minimum atomic E-state index is 0.124. The molecule has 0 fully saturated rings. The van der Waals surface area contributed by atoms with E-state index in [0.717, 1.165) is 0 Å². The minimum absolute atomic E-state index is 0.124. The van der Waals surface area contributed by atoms with Crippen molar-refractivity contribution in [2.75, 3.05) is 0 Å². The monoisotopic (exact) mass is 1300 g/mol. The zero-order valence-electron chi connectivity index (χ0n) is 65.9. The van der Waals surface area contributed by atoms with Crippen molar-refractivity contribution in [2.45, 2.75) is 222 Å². The van der Waals surface area contributed by atoms with Gasteiger partial charge in [-0.15, -0.1) is 0 Å². The van der Waals surface area contributed by atoms with E-state index in [4.69, 9.17) is 0 Å². The van der Waals surface area contributed by atoms with Crippen LogP contribution in [0.15, 0.2) is 152 Å². The molecule has 99 heavy (non-hydrogen) atoms. The van der Waals surface area contributed by atoms with E-state index < -0.39 is 0 Å². The molecule has 0 nitrogen and oxygen atoms in total. The van der Waals surface area contributed by atoms with Gasteiger partial charge in [-0.05, 0) is 393 Å². The molecule has 0 atom stereocenters. The standard InChI is InChI=1S/2C21H26.3C19H20/c1-13-12-17-16-10-8-9-11-18(16)20(4,5)21(6,7)19(17)15(3)14(13)2;1-13-12-18-19(15(3)14(13)2)16-10-8-9-11-17(16)20(4,5)21(18,6)7;2*1-11-10-18-14(4)13(3)16-8-6-7-9-17(16)19(18)15(5)12(11)2;1-11-10-18-17-9-7-6-8-16(17)13(3)15(5)19(18)14(4)12(11)2/h2*8-12H,1-7H3;3*6-10H,1-5H3. The Morgan fingerprint density at radius 3 is 0.949 bits per heavy atom. The van der Waals surface area contributed by atoms with Crippen molar-refractivity contribution in [1.29, 1.82) is 0 Å². The van der Waals surface area contributed by atoms with Gasteiger partial charge in [0.15, 0.2) is 0 Å². The van der Waals surface area contributed by atoms with Crippen molar-refractivity contribution >= 4 is 64.6 Å². The Labute approximate surface area is 596 Å². The molecule has 2 aliphatic carbocycles. The Hall–Kier alpha value is -8.58. The van der Waals surface area contributed by atoms with Crippen LogP contribution in [0.1, 0.15) is 194 Å². The van der Waals surface area contributed by atoms with Gasteiger partial charge in [0, 0.05) is 0 Å². The quantitative estimate of drug-likeness (QED) is 0.133. The number of hydrogen-bond donors (Lipinski definition) is 0. The Bertz CT molecular complexity index is 5320. The third-order valence-corrected chi connectivity index (χ3v) is 26.7. The molecule has 0 N–H and O–H groups in total. The number of rotatable bonds is 0. The maximum absolute atomic E-state index is 2.43. The molecule has 0 heterocycles. The summed E-state index contributed by atoms with van der Waals surface area (Å²) in [7, 11) is 0. The maximum atomic E-state index is 2.43. The highest BCUT2D eigenvalue weighted by Gasteiger charge is 2.48. The molecule has 13 aromatic carbocycles. The molecule has 0 bridgehead atoms. The maximum Gasteiger partial charge on any atom is -0.000296 e. The van der Waals surface area contributed by atoms with Crippen molar-refractivity contribution in [3.8, 4) is 22.3 Å². The van der Waals surface area contributed by atoms with Crippen LogP contribution in [0, 0.1) is 145 Å². The molecule has 0 heteroatoms. The van der Waals surface area contributed by atoms with E-state index in [1.165, 1.54) is 226 Å². The van der Waals surface area contributed by atoms with Crippen LogP contribution in [0.5, 0.6) is 0 Å². The fourth-order valence-electron chi connectivity index (χ4n) is 17.4. The van der Waals surface area contributed by atoms with Crippen LogP contribution in [0.4, 0.5) is 0 Å². The van der Waals surface area contributed by atoms with Crippen molar-refractivity contribution in [2.24, 2.45) is 0 Å². The Kier molecular flexibility index (Phi) is 19.0. The van der Waals surface area contributed by atoms with E-state index in [0.29, 0.717) is 0 Å². The van der Waals surface area contributed by atoms with Crippen molar-refractivity contribution < 1.29 is 0 Å². The van der Waals surface area contributed by atoms with Crippen LogP contribution in [-0.4, -0.2) is 0 Å². The van der Waals surface area contributed by atoms with Crippen LogP contribution in [0.2, 0.25) is 0 Å². The van der Waals surface area contributed by atoms with Crippen LogP contribution >= 0.6 is 0 Å². The van der Waals surface area contributed by atoms with E-state index in [1.807, 2.05) is 0 Å². The van der Waals surface area contributed by atoms with Gasteiger partial charge in [-0.25, -0.2) is 0 Å². The first-order chi connectivity index (χ1) is 46.4. The molecule has 2 aliphatic rings. The highest BCUT2D eigenvalue weighted by atomic mass is 14.5. The Balaban J connectivity index is 0.000000125. The smallest absolute Gasteiger partial charge is 0.000296 e. The molecule has 0 unspecified atom stereocenters. The molecular weight excluding hydrogens is 1190 g/mol. The molecule has 13 aromatic rings. The average molecular weight is 1300 g/mol. The molecule has 0 amide bonds. The molecular formula is C99H112. The second-order valence-electron chi connectivity index (χ2n) is 32.3. The van der Waals surface area contributed by atoms with Gasteiger partial charge in [-0.1, -0.05) is 207 Å². The van der Waals surface area contributed by atoms with Crippen molar-refractivity contribution in [3.63, 3.8) is 0 Å². The van der Waals surface area contributed by atoms with Crippen LogP contribution in [-0.2, 0) is 21.7 Å². The normalized spacial score (nSPS) is 14.2. The number of hydrogen-bond acceptors (Lipinski definition) is 0. The number of fused-ring (bicyclic) bond motifs is 15. The third kappa shape index (κ3) is 11.4. The van der Waals surface area contributed by atoms with Crippen LogP contribution in [0.25, 0.3) is 86.9 Å². The molecule has 0 spiro atoms. The van der Waals surface area contributed by atoms with E-state index in [-0.39, 0.29) is 21.7 Å². The predicted molar refractivity (Wildman–Crippen MR) is 440 cm³/mol. The van der Waals surface area contributed by atoms with E-state index in [2.05, 4.69) is 352 Å². The van der Waals surface area contributed by atoms with E-state index in [1.54, 1.807) is 0 Å². The summed E-state index contributed by atoms with van der Waals surface area (Å²) in [5, 5.41) is 16.9. The first-order valence-corrected chi connectivity index (χ1v) is 36.5. The molecule has 508 valence electrons. The predicted octanol–water partition coefficient (Wildman–Crippen LogP) is 28.3. The largest absolute Gasteiger partial charge is 0.0619 e. The summed E-state index contributed by atoms with van der Waals surface area (Å²) in [6.45, 7) is 66.3. The van der Waals surface area contributed by atoms with Gasteiger partial charge in [0.25, 0.3) is 0 Å². The highest BCUT2D eigenvalue weighted by molar-refractivity contribution is 6.15. The van der Waals surface area contributed by atoms with Gasteiger partial charge in [-0.3, -0.25) is 0 Å². The Morgan fingerprint density at radius 1 is 0.182 bits per heavy atom. The van der Waals surface area contributed by atoms with Crippen LogP contribution < -0.4 is 0 Å². The number of aryl methyl sites for hydroxylation is 14. The molecule has 0 saturated heterocycles. The molecule has 0 aliphatic heterocycles. The van der Waals surface area contributed by atoms with E-state index >= 15 is 0 Å². The second-order valence-corrected chi connectivity index (χ2v) is 32.3. The summed E-state index contributed by atoms with van der Waals surface area (Å²) in [6.07, 6.45) is 0. The topological polar surface area (TPSA) is 0 Å². The van der Waals surface area contributed by atoms with Gasteiger partial charge in [0.1, 0.15) is 0 Å². The van der Waals surface area contributed by atoms with Crippen LogP contribution in [0.3, 0.4) is 0 Å². The zero-order chi connectivity index (χ0) is 72.3. The first-order valence-electron chi connectivity index (χ1n) is 36.5. The molecule has 0 saturated carbocycles. The highest BCUT2D eigenvalue weighted by Crippen LogP contribution is 2.57. The average Bonchev–Trinajstić information content (AvgIpc) is 0.716. The fourth-order valence-corrected chi connectivity index (χ4v) is 17.4. The lowest BCUT2D eigenvalue weighted by atomic mass is 9.54. The summed E-state index contributed by atoms with van der Waals surface area (Å²) in [5.41, 5.74) is 42.1. The SMILES string of the molecule is Cc1cc2c(C)c(C)c3ccccc3c2c(C)c1C.Cc1cc2c(C)c(C)c3ccccc3c2c(C)c1C.Cc1cc2c(c(C)c1C)-c1ccccc1C(C)(C)C2(C)C.Cc1cc2c(c(C)c1C)C(C)(C)C(C)(C)c1ccccc1-2.Cc1cc2c(c(C)c1C)c(C)c(C)c1ccccc12. The lowest BCUT2D eigenvalue weighted by molar-refractivity contribution is 0.297.